The summed E-state index contributed by atoms with van der Waals surface area (Å²) in [5.41, 5.74) is 2.08. The van der Waals surface area contributed by atoms with Crippen LogP contribution >= 0.6 is 0 Å². The SMILES string of the molecule is O=C(CN1C(=O)c2cccc([N+](=O)[O-])c2C1=O)c1ccc2c(c1)CCC2. The molecule has 1 aliphatic carbocycles. The lowest BCUT2D eigenvalue weighted by atomic mass is 10.0. The summed E-state index contributed by atoms with van der Waals surface area (Å²) in [5.74, 6) is -1.84. The summed E-state index contributed by atoms with van der Waals surface area (Å²) >= 11 is 0. The fourth-order valence-corrected chi connectivity index (χ4v) is 3.59. The summed E-state index contributed by atoms with van der Waals surface area (Å²) in [6.07, 6.45) is 2.95. The number of carbonyl (C=O) groups is 3. The summed E-state index contributed by atoms with van der Waals surface area (Å²) in [5, 5.41) is 11.1. The predicted octanol–water partition coefficient (Wildman–Crippen LogP) is 2.56. The van der Waals surface area contributed by atoms with Crippen molar-refractivity contribution in [2.24, 2.45) is 0 Å². The first-order valence-corrected chi connectivity index (χ1v) is 8.26. The molecule has 2 amide bonds. The number of amides is 2. The molecule has 7 heteroatoms. The zero-order chi connectivity index (χ0) is 18.4. The van der Waals surface area contributed by atoms with Crippen LogP contribution in [-0.4, -0.2) is 34.0 Å². The summed E-state index contributed by atoms with van der Waals surface area (Å²) < 4.78 is 0. The molecule has 4 rings (SSSR count). The molecule has 0 N–H and O–H groups in total. The van der Waals surface area contributed by atoms with E-state index in [-0.39, 0.29) is 16.9 Å². The first-order chi connectivity index (χ1) is 12.5. The van der Waals surface area contributed by atoms with Crippen molar-refractivity contribution in [3.8, 4) is 0 Å². The number of nitro groups is 1. The smallest absolute Gasteiger partial charge is 0.282 e. The van der Waals surface area contributed by atoms with E-state index in [1.54, 1.807) is 6.07 Å². The number of hydrogen-bond donors (Lipinski definition) is 0. The van der Waals surface area contributed by atoms with E-state index in [2.05, 4.69) is 0 Å². The van der Waals surface area contributed by atoms with Crippen molar-refractivity contribution in [2.45, 2.75) is 19.3 Å². The number of ketones is 1. The van der Waals surface area contributed by atoms with Crippen molar-refractivity contribution < 1.29 is 19.3 Å². The lowest BCUT2D eigenvalue weighted by Crippen LogP contribution is -2.35. The van der Waals surface area contributed by atoms with E-state index in [4.69, 9.17) is 0 Å². The Morgan fingerprint density at radius 2 is 1.85 bits per heavy atom. The van der Waals surface area contributed by atoms with Gasteiger partial charge in [-0.25, -0.2) is 0 Å². The highest BCUT2D eigenvalue weighted by molar-refractivity contribution is 6.24. The molecule has 0 radical (unpaired) electrons. The third kappa shape index (κ3) is 2.40. The van der Waals surface area contributed by atoms with Crippen LogP contribution in [0.15, 0.2) is 36.4 Å². The zero-order valence-corrected chi connectivity index (χ0v) is 13.7. The number of fused-ring (bicyclic) bond motifs is 2. The number of benzene rings is 2. The van der Waals surface area contributed by atoms with Gasteiger partial charge in [0.1, 0.15) is 5.56 Å². The maximum Gasteiger partial charge on any atom is 0.282 e. The van der Waals surface area contributed by atoms with Gasteiger partial charge in [0.15, 0.2) is 5.78 Å². The van der Waals surface area contributed by atoms with Crippen LogP contribution < -0.4 is 0 Å². The highest BCUT2D eigenvalue weighted by Crippen LogP contribution is 2.31. The standard InChI is InChI=1S/C19H14N2O5/c22-16(13-8-7-11-3-1-4-12(11)9-13)10-20-18(23)14-5-2-6-15(21(25)26)17(14)19(20)24/h2,5-9H,1,3-4,10H2. The third-order valence-electron chi connectivity index (χ3n) is 4.90. The van der Waals surface area contributed by atoms with Gasteiger partial charge < -0.3 is 0 Å². The Kier molecular flexibility index (Phi) is 3.64. The van der Waals surface area contributed by atoms with Crippen molar-refractivity contribution in [3.63, 3.8) is 0 Å². The topological polar surface area (TPSA) is 97.6 Å². The number of rotatable bonds is 4. The van der Waals surface area contributed by atoms with Gasteiger partial charge in [-0.3, -0.25) is 29.4 Å². The van der Waals surface area contributed by atoms with Gasteiger partial charge in [0.2, 0.25) is 0 Å². The van der Waals surface area contributed by atoms with E-state index < -0.39 is 29.0 Å². The molecule has 0 fully saturated rings. The largest absolute Gasteiger partial charge is 0.292 e. The fourth-order valence-electron chi connectivity index (χ4n) is 3.59. The molecular formula is C19H14N2O5. The number of imide groups is 1. The maximum atomic E-state index is 12.6. The van der Waals surface area contributed by atoms with E-state index in [9.17, 15) is 24.5 Å². The van der Waals surface area contributed by atoms with E-state index in [0.717, 1.165) is 29.7 Å². The monoisotopic (exact) mass is 350 g/mol. The lowest BCUT2D eigenvalue weighted by Gasteiger charge is -2.13. The molecular weight excluding hydrogens is 336 g/mol. The van der Waals surface area contributed by atoms with Gasteiger partial charge in [-0.05, 0) is 42.5 Å². The second-order valence-corrected chi connectivity index (χ2v) is 6.41. The molecule has 0 atom stereocenters. The first-order valence-electron chi connectivity index (χ1n) is 8.26. The van der Waals surface area contributed by atoms with E-state index in [0.29, 0.717) is 5.56 Å². The molecule has 130 valence electrons. The molecule has 2 aliphatic rings. The molecule has 0 saturated heterocycles. The van der Waals surface area contributed by atoms with Crippen molar-refractivity contribution in [1.29, 1.82) is 0 Å². The number of nitro benzene ring substituents is 1. The quantitative estimate of drug-likeness (QED) is 0.365. The summed E-state index contributed by atoms with van der Waals surface area (Å²) in [4.78, 5) is 48.8. The number of nitrogens with zero attached hydrogens (tertiary/aromatic N) is 2. The van der Waals surface area contributed by atoms with Gasteiger partial charge in [0.05, 0.1) is 17.0 Å². The van der Waals surface area contributed by atoms with Gasteiger partial charge in [0, 0.05) is 11.6 Å². The lowest BCUT2D eigenvalue weighted by molar-refractivity contribution is -0.385. The Morgan fingerprint density at radius 3 is 2.62 bits per heavy atom. The van der Waals surface area contributed by atoms with E-state index >= 15 is 0 Å². The minimum Gasteiger partial charge on any atom is -0.292 e. The summed E-state index contributed by atoms with van der Waals surface area (Å²) in [6, 6.07) is 9.31. The van der Waals surface area contributed by atoms with Crippen LogP contribution in [0.2, 0.25) is 0 Å². The molecule has 0 saturated carbocycles. The van der Waals surface area contributed by atoms with Crippen LogP contribution in [0.4, 0.5) is 5.69 Å². The molecule has 0 spiro atoms. The fraction of sp³-hybridized carbons (Fsp3) is 0.211. The molecule has 0 bridgehead atoms. The Labute approximate surface area is 148 Å². The third-order valence-corrected chi connectivity index (χ3v) is 4.90. The van der Waals surface area contributed by atoms with Crippen LogP contribution in [-0.2, 0) is 12.8 Å². The van der Waals surface area contributed by atoms with Crippen LogP contribution in [0.25, 0.3) is 0 Å². The average Bonchev–Trinajstić information content (AvgIpc) is 3.19. The van der Waals surface area contributed by atoms with E-state index in [1.807, 2.05) is 12.1 Å². The molecule has 2 aromatic rings. The van der Waals surface area contributed by atoms with Gasteiger partial charge in [-0.15, -0.1) is 0 Å². The Balaban J connectivity index is 1.62. The number of hydrogen-bond acceptors (Lipinski definition) is 5. The van der Waals surface area contributed by atoms with Gasteiger partial charge in [0.25, 0.3) is 17.5 Å². The second kappa shape index (κ2) is 5.87. The van der Waals surface area contributed by atoms with Crippen LogP contribution in [0, 0.1) is 10.1 Å². The van der Waals surface area contributed by atoms with Crippen LogP contribution in [0.5, 0.6) is 0 Å². The molecule has 0 aromatic heterocycles. The number of carbonyl (C=O) groups excluding carboxylic acids is 3. The molecule has 0 unspecified atom stereocenters. The molecule has 1 aliphatic heterocycles. The van der Waals surface area contributed by atoms with E-state index in [1.165, 1.54) is 23.8 Å². The summed E-state index contributed by atoms with van der Waals surface area (Å²) in [7, 11) is 0. The van der Waals surface area contributed by atoms with Crippen molar-refractivity contribution in [3.05, 3.63) is 74.3 Å². The Bertz CT molecular complexity index is 995. The Morgan fingerprint density at radius 1 is 1.08 bits per heavy atom. The minimum atomic E-state index is -0.799. The van der Waals surface area contributed by atoms with Gasteiger partial charge >= 0.3 is 0 Å². The van der Waals surface area contributed by atoms with Crippen LogP contribution in [0.3, 0.4) is 0 Å². The highest BCUT2D eigenvalue weighted by atomic mass is 16.6. The van der Waals surface area contributed by atoms with Crippen molar-refractivity contribution in [2.75, 3.05) is 6.54 Å². The minimum absolute atomic E-state index is 0.0362. The van der Waals surface area contributed by atoms with Crippen molar-refractivity contribution >= 4 is 23.3 Å². The predicted molar refractivity (Wildman–Crippen MR) is 91.3 cm³/mol. The second-order valence-electron chi connectivity index (χ2n) is 6.41. The molecule has 1 heterocycles. The highest BCUT2D eigenvalue weighted by Gasteiger charge is 2.41. The first kappa shape index (κ1) is 16.1. The number of Topliss-reactive ketones (excluding diaryl/α,β-unsaturated/α-hetero) is 1. The van der Waals surface area contributed by atoms with Gasteiger partial charge in [-0.1, -0.05) is 18.2 Å². The van der Waals surface area contributed by atoms with Crippen molar-refractivity contribution in [1.82, 2.24) is 4.90 Å². The molecule has 7 nitrogen and oxygen atoms in total. The van der Waals surface area contributed by atoms with Crippen LogP contribution in [0.1, 0.15) is 48.6 Å². The molecule has 26 heavy (non-hydrogen) atoms. The normalized spacial score (nSPS) is 15.2. The van der Waals surface area contributed by atoms with Gasteiger partial charge in [-0.2, -0.15) is 0 Å². The maximum absolute atomic E-state index is 12.6. The Hall–Kier alpha value is -3.35. The summed E-state index contributed by atoms with van der Waals surface area (Å²) in [6.45, 7) is -0.428. The number of aryl methyl sites for hydroxylation is 2. The molecule has 2 aromatic carbocycles. The zero-order valence-electron chi connectivity index (χ0n) is 13.7. The average molecular weight is 350 g/mol.